The number of nitrogens with one attached hydrogen (secondary N) is 1. The van der Waals surface area contributed by atoms with Crippen LogP contribution < -0.4 is 14.8 Å². The van der Waals surface area contributed by atoms with E-state index in [2.05, 4.69) is 5.32 Å². The zero-order chi connectivity index (χ0) is 16.2. The van der Waals surface area contributed by atoms with Crippen molar-refractivity contribution in [3.8, 4) is 11.5 Å². The fraction of sp³-hybridized carbons (Fsp3) is 0.611. The summed E-state index contributed by atoms with van der Waals surface area (Å²) in [6, 6.07) is 6.21. The van der Waals surface area contributed by atoms with Crippen LogP contribution in [-0.2, 0) is 6.54 Å². The number of urea groups is 1. The van der Waals surface area contributed by atoms with E-state index < -0.39 is 0 Å². The Balaban J connectivity index is 1.62. The van der Waals surface area contributed by atoms with Crippen molar-refractivity contribution in [2.24, 2.45) is 5.92 Å². The van der Waals surface area contributed by atoms with Crippen LogP contribution in [0.15, 0.2) is 18.2 Å². The maximum absolute atomic E-state index is 12.6. The van der Waals surface area contributed by atoms with E-state index >= 15 is 0 Å². The molecule has 5 heteroatoms. The predicted octanol–water partition coefficient (Wildman–Crippen LogP) is 3.18. The molecule has 2 fully saturated rings. The molecule has 1 aliphatic carbocycles. The first-order valence-corrected chi connectivity index (χ1v) is 8.49. The number of para-hydroxylation sites is 1. The van der Waals surface area contributed by atoms with E-state index in [9.17, 15) is 4.79 Å². The summed E-state index contributed by atoms with van der Waals surface area (Å²) in [4.78, 5) is 14.6. The van der Waals surface area contributed by atoms with Gasteiger partial charge in [-0.1, -0.05) is 18.6 Å². The SMILES string of the molecule is COc1cccc(CNC(=O)N2CCC[C@H]2C2CCC2)c1OC. The normalized spacial score (nSPS) is 21.0. The number of hydrogen-bond acceptors (Lipinski definition) is 3. The zero-order valence-electron chi connectivity index (χ0n) is 14.0. The highest BCUT2D eigenvalue weighted by Gasteiger charge is 2.37. The second-order valence-corrected chi connectivity index (χ2v) is 6.41. The minimum atomic E-state index is 0.0456. The lowest BCUT2D eigenvalue weighted by Gasteiger charge is -2.37. The van der Waals surface area contributed by atoms with E-state index in [1.165, 1.54) is 19.3 Å². The Morgan fingerprint density at radius 3 is 2.70 bits per heavy atom. The Morgan fingerprint density at radius 2 is 2.04 bits per heavy atom. The number of hydrogen-bond donors (Lipinski definition) is 1. The number of amides is 2. The first-order chi connectivity index (χ1) is 11.2. The maximum Gasteiger partial charge on any atom is 0.317 e. The Kier molecular flexibility index (Phi) is 4.94. The smallest absolute Gasteiger partial charge is 0.317 e. The molecule has 1 saturated carbocycles. The molecule has 1 aromatic rings. The maximum atomic E-state index is 12.6. The van der Waals surface area contributed by atoms with E-state index in [0.29, 0.717) is 24.1 Å². The largest absolute Gasteiger partial charge is 0.493 e. The highest BCUT2D eigenvalue weighted by Crippen LogP contribution is 2.37. The van der Waals surface area contributed by atoms with Gasteiger partial charge >= 0.3 is 6.03 Å². The van der Waals surface area contributed by atoms with Crippen molar-refractivity contribution in [3.05, 3.63) is 23.8 Å². The molecular weight excluding hydrogens is 292 g/mol. The molecule has 1 aromatic carbocycles. The highest BCUT2D eigenvalue weighted by molar-refractivity contribution is 5.75. The molecule has 5 nitrogen and oxygen atoms in total. The molecule has 0 bridgehead atoms. The predicted molar refractivity (Wildman–Crippen MR) is 88.9 cm³/mol. The molecule has 2 aliphatic rings. The molecular formula is C18H26N2O3. The Morgan fingerprint density at radius 1 is 1.22 bits per heavy atom. The van der Waals surface area contributed by atoms with Gasteiger partial charge in [-0.2, -0.15) is 0 Å². The number of carbonyl (C=O) groups is 1. The molecule has 1 heterocycles. The molecule has 1 aliphatic heterocycles. The van der Waals surface area contributed by atoms with Gasteiger partial charge in [0, 0.05) is 24.7 Å². The number of carbonyl (C=O) groups excluding carboxylic acids is 1. The summed E-state index contributed by atoms with van der Waals surface area (Å²) in [5.41, 5.74) is 0.930. The Bertz CT molecular complexity index is 557. The van der Waals surface area contributed by atoms with Crippen LogP contribution in [0.5, 0.6) is 11.5 Å². The van der Waals surface area contributed by atoms with Crippen LogP contribution in [0.2, 0.25) is 0 Å². The van der Waals surface area contributed by atoms with Crippen molar-refractivity contribution in [3.63, 3.8) is 0 Å². The standard InChI is InChI=1S/C18H26N2O3/c1-22-16-10-4-8-14(17(16)23-2)12-19-18(21)20-11-5-9-15(20)13-6-3-7-13/h4,8,10,13,15H,3,5-7,9,11-12H2,1-2H3,(H,19,21)/t15-/m0/s1. The summed E-state index contributed by atoms with van der Waals surface area (Å²) >= 11 is 0. The first kappa shape index (κ1) is 16.0. The molecule has 0 spiro atoms. The average Bonchev–Trinajstić information content (AvgIpc) is 2.99. The fourth-order valence-electron chi connectivity index (χ4n) is 3.72. The van der Waals surface area contributed by atoms with Crippen LogP contribution in [0.25, 0.3) is 0 Å². The topological polar surface area (TPSA) is 50.8 Å². The lowest BCUT2D eigenvalue weighted by atomic mass is 9.79. The molecule has 3 rings (SSSR count). The van der Waals surface area contributed by atoms with Crippen LogP contribution in [0.4, 0.5) is 4.79 Å². The van der Waals surface area contributed by atoms with Gasteiger partial charge in [-0.05, 0) is 37.7 Å². The first-order valence-electron chi connectivity index (χ1n) is 8.49. The van der Waals surface area contributed by atoms with Crippen LogP contribution in [0.1, 0.15) is 37.7 Å². The van der Waals surface area contributed by atoms with Gasteiger partial charge in [0.05, 0.1) is 14.2 Å². The summed E-state index contributed by atoms with van der Waals surface area (Å²) in [6.07, 6.45) is 6.14. The van der Waals surface area contributed by atoms with Crippen LogP contribution in [0, 0.1) is 5.92 Å². The molecule has 2 amide bonds. The minimum absolute atomic E-state index is 0.0456. The van der Waals surface area contributed by atoms with Crippen molar-refractivity contribution >= 4 is 6.03 Å². The van der Waals surface area contributed by atoms with E-state index in [0.717, 1.165) is 30.9 Å². The van der Waals surface area contributed by atoms with Gasteiger partial charge in [-0.15, -0.1) is 0 Å². The number of ether oxygens (including phenoxy) is 2. The fourth-order valence-corrected chi connectivity index (χ4v) is 3.72. The van der Waals surface area contributed by atoms with Gasteiger partial charge in [0.15, 0.2) is 11.5 Å². The second kappa shape index (κ2) is 7.11. The highest BCUT2D eigenvalue weighted by atomic mass is 16.5. The molecule has 23 heavy (non-hydrogen) atoms. The number of methoxy groups -OCH3 is 2. The molecule has 126 valence electrons. The average molecular weight is 318 g/mol. The van der Waals surface area contributed by atoms with Crippen molar-refractivity contribution < 1.29 is 14.3 Å². The third kappa shape index (κ3) is 3.23. The van der Waals surface area contributed by atoms with Gasteiger partial charge in [0.1, 0.15) is 0 Å². The number of nitrogens with zero attached hydrogens (tertiary/aromatic N) is 1. The Labute approximate surface area is 137 Å². The monoisotopic (exact) mass is 318 g/mol. The third-order valence-electron chi connectivity index (χ3n) is 5.17. The molecule has 1 saturated heterocycles. The van der Waals surface area contributed by atoms with Crippen molar-refractivity contribution in [1.29, 1.82) is 0 Å². The lowest BCUT2D eigenvalue weighted by Crippen LogP contribution is -2.46. The van der Waals surface area contributed by atoms with Crippen LogP contribution in [-0.4, -0.2) is 37.7 Å². The number of benzene rings is 1. The van der Waals surface area contributed by atoms with Crippen molar-refractivity contribution in [2.45, 2.75) is 44.7 Å². The molecule has 0 unspecified atom stereocenters. The summed E-state index contributed by atoms with van der Waals surface area (Å²) in [5, 5.41) is 3.05. The summed E-state index contributed by atoms with van der Waals surface area (Å²) in [5.74, 6) is 2.09. The second-order valence-electron chi connectivity index (χ2n) is 6.41. The van der Waals surface area contributed by atoms with Crippen molar-refractivity contribution in [2.75, 3.05) is 20.8 Å². The van der Waals surface area contributed by atoms with Gasteiger partial charge in [-0.3, -0.25) is 0 Å². The van der Waals surface area contributed by atoms with Gasteiger partial charge in [-0.25, -0.2) is 4.79 Å². The lowest BCUT2D eigenvalue weighted by molar-refractivity contribution is 0.139. The van der Waals surface area contributed by atoms with E-state index in [1.807, 2.05) is 23.1 Å². The van der Waals surface area contributed by atoms with Crippen LogP contribution >= 0.6 is 0 Å². The molecule has 0 aromatic heterocycles. The summed E-state index contributed by atoms with van der Waals surface area (Å²) < 4.78 is 10.7. The van der Waals surface area contributed by atoms with Gasteiger partial charge in [0.25, 0.3) is 0 Å². The molecule has 0 radical (unpaired) electrons. The molecule has 1 atom stereocenters. The van der Waals surface area contributed by atoms with E-state index in [4.69, 9.17) is 9.47 Å². The minimum Gasteiger partial charge on any atom is -0.493 e. The van der Waals surface area contributed by atoms with Gasteiger partial charge in [0.2, 0.25) is 0 Å². The van der Waals surface area contributed by atoms with E-state index in [-0.39, 0.29) is 6.03 Å². The number of likely N-dealkylation sites (tertiary alicyclic amines) is 1. The van der Waals surface area contributed by atoms with Crippen LogP contribution in [0.3, 0.4) is 0 Å². The zero-order valence-corrected chi connectivity index (χ0v) is 14.0. The van der Waals surface area contributed by atoms with Crippen molar-refractivity contribution in [1.82, 2.24) is 10.2 Å². The Hall–Kier alpha value is -1.91. The molecule has 1 N–H and O–H groups in total. The number of rotatable bonds is 5. The summed E-state index contributed by atoms with van der Waals surface area (Å²) in [6.45, 7) is 1.33. The van der Waals surface area contributed by atoms with Gasteiger partial charge < -0.3 is 19.7 Å². The third-order valence-corrected chi connectivity index (χ3v) is 5.17. The quantitative estimate of drug-likeness (QED) is 0.907. The van der Waals surface area contributed by atoms with E-state index in [1.54, 1.807) is 14.2 Å². The summed E-state index contributed by atoms with van der Waals surface area (Å²) in [7, 11) is 3.24.